The van der Waals surface area contributed by atoms with Crippen LogP contribution in [0.1, 0.15) is 13.3 Å². The topological polar surface area (TPSA) is 61.4 Å². The first-order chi connectivity index (χ1) is 7.20. The van der Waals surface area contributed by atoms with Crippen molar-refractivity contribution in [3.8, 4) is 0 Å². The summed E-state index contributed by atoms with van der Waals surface area (Å²) in [6, 6.07) is 0. The zero-order chi connectivity index (χ0) is 11.1. The van der Waals surface area contributed by atoms with Gasteiger partial charge in [0.05, 0.1) is 6.10 Å². The van der Waals surface area contributed by atoms with Crippen molar-refractivity contribution in [3.63, 3.8) is 0 Å². The molecule has 88 valence electrons. The van der Waals surface area contributed by atoms with Gasteiger partial charge in [-0.2, -0.15) is 11.8 Å². The summed E-state index contributed by atoms with van der Waals surface area (Å²) >= 11 is 1.85. The van der Waals surface area contributed by atoms with E-state index in [4.69, 9.17) is 5.11 Å². The second-order valence-corrected chi connectivity index (χ2v) is 5.05. The summed E-state index contributed by atoms with van der Waals surface area (Å²) in [5.74, 6) is 2.47. The highest BCUT2D eigenvalue weighted by Gasteiger charge is 2.22. The van der Waals surface area contributed by atoms with E-state index in [1.54, 1.807) is 6.92 Å². The predicted octanol–water partition coefficient (Wildman–Crippen LogP) is -0.174. The van der Waals surface area contributed by atoms with Crippen LogP contribution in [0.15, 0.2) is 0 Å². The lowest BCUT2D eigenvalue weighted by Gasteiger charge is -2.10. The molecule has 1 fully saturated rings. The molecular formula is C10H20N2O2S. The first-order valence-electron chi connectivity index (χ1n) is 5.44. The third kappa shape index (κ3) is 5.39. The van der Waals surface area contributed by atoms with Crippen molar-refractivity contribution in [1.82, 2.24) is 10.6 Å². The lowest BCUT2D eigenvalue weighted by atomic mass is 10.1. The van der Waals surface area contributed by atoms with E-state index in [9.17, 15) is 4.79 Å². The first-order valence-corrected chi connectivity index (χ1v) is 6.60. The monoisotopic (exact) mass is 232 g/mol. The fraction of sp³-hybridized carbons (Fsp3) is 0.900. The number of amides is 1. The first kappa shape index (κ1) is 12.8. The quantitative estimate of drug-likeness (QED) is 0.556. The molecule has 1 amide bonds. The summed E-state index contributed by atoms with van der Waals surface area (Å²) in [6.45, 7) is 3.68. The van der Waals surface area contributed by atoms with E-state index < -0.39 is 0 Å². The van der Waals surface area contributed by atoms with Crippen LogP contribution in [0.2, 0.25) is 0 Å². The van der Waals surface area contributed by atoms with E-state index in [2.05, 4.69) is 10.6 Å². The number of hydrogen-bond acceptors (Lipinski definition) is 4. The van der Waals surface area contributed by atoms with Crippen molar-refractivity contribution in [2.24, 2.45) is 5.92 Å². The SMILES string of the molecule is CC(O)CNCCNC(=O)C1CCSC1. The molecule has 0 spiro atoms. The minimum Gasteiger partial charge on any atom is -0.392 e. The molecule has 1 rings (SSSR count). The van der Waals surface area contributed by atoms with Gasteiger partial charge >= 0.3 is 0 Å². The molecule has 2 unspecified atom stereocenters. The summed E-state index contributed by atoms with van der Waals surface area (Å²) < 4.78 is 0. The summed E-state index contributed by atoms with van der Waals surface area (Å²) in [4.78, 5) is 11.5. The third-order valence-electron chi connectivity index (χ3n) is 2.34. The highest BCUT2D eigenvalue weighted by atomic mass is 32.2. The van der Waals surface area contributed by atoms with Crippen LogP contribution in [0.4, 0.5) is 0 Å². The van der Waals surface area contributed by atoms with Crippen LogP contribution in [0, 0.1) is 5.92 Å². The molecule has 4 nitrogen and oxygen atoms in total. The van der Waals surface area contributed by atoms with Crippen LogP contribution < -0.4 is 10.6 Å². The number of rotatable bonds is 6. The number of thioether (sulfide) groups is 1. The van der Waals surface area contributed by atoms with Gasteiger partial charge in [0.15, 0.2) is 0 Å². The lowest BCUT2D eigenvalue weighted by molar-refractivity contribution is -0.124. The van der Waals surface area contributed by atoms with E-state index in [0.29, 0.717) is 13.1 Å². The van der Waals surface area contributed by atoms with Crippen LogP contribution in [-0.2, 0) is 4.79 Å². The van der Waals surface area contributed by atoms with Gasteiger partial charge in [0.2, 0.25) is 5.91 Å². The molecule has 0 radical (unpaired) electrons. The van der Waals surface area contributed by atoms with E-state index in [0.717, 1.165) is 24.5 Å². The molecule has 2 atom stereocenters. The van der Waals surface area contributed by atoms with E-state index >= 15 is 0 Å². The molecule has 0 aromatic carbocycles. The number of aliphatic hydroxyl groups excluding tert-OH is 1. The Labute approximate surface area is 95.2 Å². The molecule has 1 aliphatic rings. The van der Waals surface area contributed by atoms with E-state index in [1.165, 1.54) is 0 Å². The number of nitrogens with one attached hydrogen (secondary N) is 2. The van der Waals surface area contributed by atoms with Crippen molar-refractivity contribution in [2.45, 2.75) is 19.4 Å². The Morgan fingerprint density at radius 1 is 1.60 bits per heavy atom. The largest absolute Gasteiger partial charge is 0.392 e. The van der Waals surface area contributed by atoms with Crippen LogP contribution in [0.25, 0.3) is 0 Å². The van der Waals surface area contributed by atoms with Gasteiger partial charge in [0.1, 0.15) is 0 Å². The molecule has 0 aromatic heterocycles. The Morgan fingerprint density at radius 2 is 2.40 bits per heavy atom. The maximum Gasteiger partial charge on any atom is 0.224 e. The van der Waals surface area contributed by atoms with Crippen molar-refractivity contribution < 1.29 is 9.90 Å². The Hall–Kier alpha value is -0.260. The zero-order valence-electron chi connectivity index (χ0n) is 9.16. The third-order valence-corrected chi connectivity index (χ3v) is 3.50. The number of aliphatic hydroxyl groups is 1. The maximum atomic E-state index is 11.5. The smallest absolute Gasteiger partial charge is 0.224 e. The normalized spacial score (nSPS) is 22.7. The van der Waals surface area contributed by atoms with Gasteiger partial charge in [-0.3, -0.25) is 4.79 Å². The Balaban J connectivity index is 1.97. The van der Waals surface area contributed by atoms with E-state index in [-0.39, 0.29) is 17.9 Å². The van der Waals surface area contributed by atoms with Crippen LogP contribution in [0.5, 0.6) is 0 Å². The average molecular weight is 232 g/mol. The van der Waals surface area contributed by atoms with Gasteiger partial charge in [0.25, 0.3) is 0 Å². The molecule has 3 N–H and O–H groups in total. The maximum absolute atomic E-state index is 11.5. The molecule has 0 bridgehead atoms. The van der Waals surface area contributed by atoms with Crippen molar-refractivity contribution in [2.75, 3.05) is 31.1 Å². The Bertz CT molecular complexity index is 194. The molecule has 5 heteroatoms. The molecule has 0 saturated carbocycles. The second-order valence-electron chi connectivity index (χ2n) is 3.90. The van der Waals surface area contributed by atoms with Gasteiger partial charge in [-0.1, -0.05) is 0 Å². The Morgan fingerprint density at radius 3 is 3.00 bits per heavy atom. The fourth-order valence-electron chi connectivity index (χ4n) is 1.47. The summed E-state index contributed by atoms with van der Waals surface area (Å²) in [6.07, 6.45) is 0.685. The van der Waals surface area contributed by atoms with Crippen molar-refractivity contribution >= 4 is 17.7 Å². The molecule has 0 aromatic rings. The van der Waals surface area contributed by atoms with Gasteiger partial charge in [-0.05, 0) is 19.1 Å². The van der Waals surface area contributed by atoms with Gasteiger partial charge < -0.3 is 15.7 Å². The van der Waals surface area contributed by atoms with Crippen molar-refractivity contribution in [3.05, 3.63) is 0 Å². The van der Waals surface area contributed by atoms with Gasteiger partial charge in [-0.15, -0.1) is 0 Å². The molecular weight excluding hydrogens is 212 g/mol. The van der Waals surface area contributed by atoms with Crippen LogP contribution in [-0.4, -0.2) is 48.3 Å². The van der Waals surface area contributed by atoms with Gasteiger partial charge in [-0.25, -0.2) is 0 Å². The molecule has 15 heavy (non-hydrogen) atoms. The molecule has 1 aliphatic heterocycles. The number of carbonyl (C=O) groups excluding carboxylic acids is 1. The lowest BCUT2D eigenvalue weighted by Crippen LogP contribution is -2.37. The molecule has 1 heterocycles. The minimum atomic E-state index is -0.327. The zero-order valence-corrected chi connectivity index (χ0v) is 9.98. The van der Waals surface area contributed by atoms with Crippen LogP contribution >= 0.6 is 11.8 Å². The van der Waals surface area contributed by atoms with Crippen molar-refractivity contribution in [1.29, 1.82) is 0 Å². The molecule has 0 aliphatic carbocycles. The highest BCUT2D eigenvalue weighted by molar-refractivity contribution is 7.99. The standard InChI is InChI=1S/C10H20N2O2S/c1-8(13)6-11-3-4-12-10(14)9-2-5-15-7-9/h8-9,11,13H,2-7H2,1H3,(H,12,14). The van der Waals surface area contributed by atoms with Crippen LogP contribution in [0.3, 0.4) is 0 Å². The average Bonchev–Trinajstić information content (AvgIpc) is 2.69. The number of carbonyl (C=O) groups is 1. The molecule has 1 saturated heterocycles. The minimum absolute atomic E-state index is 0.179. The summed E-state index contributed by atoms with van der Waals surface area (Å²) in [7, 11) is 0. The number of hydrogen-bond donors (Lipinski definition) is 3. The highest BCUT2D eigenvalue weighted by Crippen LogP contribution is 2.23. The predicted molar refractivity (Wildman–Crippen MR) is 63.0 cm³/mol. The second kappa shape index (κ2) is 7.09. The van der Waals surface area contributed by atoms with Gasteiger partial charge in [0, 0.05) is 31.3 Å². The fourth-order valence-corrected chi connectivity index (χ4v) is 2.69. The summed E-state index contributed by atoms with van der Waals surface area (Å²) in [5, 5.41) is 14.9. The van der Waals surface area contributed by atoms with E-state index in [1.807, 2.05) is 11.8 Å². The summed E-state index contributed by atoms with van der Waals surface area (Å²) in [5.41, 5.74) is 0. The Kier molecular flexibility index (Phi) is 6.05.